The minimum atomic E-state index is -0.403. The molecular formula is C15H19N3O3. The molecule has 0 saturated carbocycles. The Morgan fingerprint density at radius 3 is 2.90 bits per heavy atom. The van der Waals surface area contributed by atoms with Gasteiger partial charge >= 0.3 is 5.69 Å². The second-order valence-corrected chi connectivity index (χ2v) is 5.54. The predicted molar refractivity (Wildman–Crippen MR) is 80.9 cm³/mol. The average molecular weight is 289 g/mol. The van der Waals surface area contributed by atoms with Crippen LogP contribution in [0, 0.1) is 0 Å². The van der Waals surface area contributed by atoms with Crippen LogP contribution in [0.15, 0.2) is 27.8 Å². The van der Waals surface area contributed by atoms with Gasteiger partial charge in [0.25, 0.3) is 5.56 Å². The molecule has 0 bridgehead atoms. The van der Waals surface area contributed by atoms with E-state index in [4.69, 9.17) is 0 Å². The van der Waals surface area contributed by atoms with Crippen LogP contribution in [0.5, 0.6) is 5.75 Å². The van der Waals surface area contributed by atoms with Crippen LogP contribution in [0.4, 0.5) is 0 Å². The summed E-state index contributed by atoms with van der Waals surface area (Å²) >= 11 is 0. The Bertz CT molecular complexity index is 783. The standard InChI is InChI=1S/C15H19N3O3/c1-17-11-6-4-7-12(19)13(11)14(20)18(15(17)21)10-5-2-3-8-16-9-10/h4,6-7,10,16,19H,2-3,5,8-9H2,1H3. The third-order valence-electron chi connectivity index (χ3n) is 4.19. The summed E-state index contributed by atoms with van der Waals surface area (Å²) in [4.78, 5) is 25.2. The zero-order valence-electron chi connectivity index (χ0n) is 12.0. The molecule has 1 aromatic heterocycles. The molecule has 1 saturated heterocycles. The van der Waals surface area contributed by atoms with Gasteiger partial charge in [0.2, 0.25) is 0 Å². The van der Waals surface area contributed by atoms with Crippen molar-refractivity contribution in [3.05, 3.63) is 39.0 Å². The van der Waals surface area contributed by atoms with Gasteiger partial charge in [-0.1, -0.05) is 12.5 Å². The van der Waals surface area contributed by atoms with E-state index in [9.17, 15) is 14.7 Å². The Labute approximate surface area is 121 Å². The molecule has 0 radical (unpaired) electrons. The van der Waals surface area contributed by atoms with Crippen molar-refractivity contribution in [3.63, 3.8) is 0 Å². The maximum absolute atomic E-state index is 12.7. The molecule has 2 N–H and O–H groups in total. The molecular weight excluding hydrogens is 270 g/mol. The highest BCUT2D eigenvalue weighted by molar-refractivity contribution is 5.84. The molecule has 112 valence electrons. The molecule has 21 heavy (non-hydrogen) atoms. The van der Waals surface area contributed by atoms with E-state index in [0.717, 1.165) is 25.8 Å². The maximum Gasteiger partial charge on any atom is 0.331 e. The summed E-state index contributed by atoms with van der Waals surface area (Å²) in [5.41, 5.74) is -0.269. The van der Waals surface area contributed by atoms with Crippen LogP contribution in [-0.4, -0.2) is 27.3 Å². The molecule has 1 aliphatic rings. The second-order valence-electron chi connectivity index (χ2n) is 5.54. The van der Waals surface area contributed by atoms with Gasteiger partial charge in [-0.15, -0.1) is 0 Å². The van der Waals surface area contributed by atoms with Gasteiger partial charge < -0.3 is 10.4 Å². The predicted octanol–water partition coefficient (Wildman–Crippen LogP) is 0.720. The fourth-order valence-electron chi connectivity index (χ4n) is 3.04. The number of fused-ring (bicyclic) bond motifs is 1. The third kappa shape index (κ3) is 2.25. The van der Waals surface area contributed by atoms with Crippen LogP contribution in [-0.2, 0) is 7.05 Å². The summed E-state index contributed by atoms with van der Waals surface area (Å²) in [6.07, 6.45) is 2.82. The lowest BCUT2D eigenvalue weighted by molar-refractivity contribution is 0.424. The Morgan fingerprint density at radius 2 is 2.10 bits per heavy atom. The van der Waals surface area contributed by atoms with Gasteiger partial charge in [-0.05, 0) is 31.5 Å². The molecule has 1 aromatic carbocycles. The molecule has 1 aliphatic heterocycles. The monoisotopic (exact) mass is 289 g/mol. The number of phenolic OH excluding ortho intramolecular Hbond substituents is 1. The molecule has 2 heterocycles. The minimum absolute atomic E-state index is 0.0802. The average Bonchev–Trinajstić information content (AvgIpc) is 2.74. The van der Waals surface area contributed by atoms with Crippen molar-refractivity contribution in [2.75, 3.05) is 13.1 Å². The summed E-state index contributed by atoms with van der Waals surface area (Å²) in [6, 6.07) is 4.62. The fraction of sp³-hybridized carbons (Fsp3) is 0.467. The number of benzene rings is 1. The first-order chi connectivity index (χ1) is 10.1. The van der Waals surface area contributed by atoms with Gasteiger partial charge in [-0.3, -0.25) is 13.9 Å². The Kier molecular flexibility index (Phi) is 3.55. The molecule has 2 aromatic rings. The number of rotatable bonds is 1. The normalized spacial score (nSPS) is 19.6. The second kappa shape index (κ2) is 5.37. The molecule has 6 heteroatoms. The molecule has 1 atom stereocenters. The van der Waals surface area contributed by atoms with Crippen molar-refractivity contribution in [3.8, 4) is 5.75 Å². The van der Waals surface area contributed by atoms with Gasteiger partial charge in [-0.2, -0.15) is 0 Å². The summed E-state index contributed by atoms with van der Waals surface area (Å²) in [5, 5.41) is 13.5. The number of aromatic nitrogens is 2. The Morgan fingerprint density at radius 1 is 1.29 bits per heavy atom. The van der Waals surface area contributed by atoms with Gasteiger partial charge in [0, 0.05) is 13.6 Å². The van der Waals surface area contributed by atoms with Crippen LogP contribution in [0.25, 0.3) is 10.9 Å². The SMILES string of the molecule is Cn1c(=O)n(C2CCCCNC2)c(=O)c2c(O)cccc21. The van der Waals surface area contributed by atoms with Crippen molar-refractivity contribution in [2.45, 2.75) is 25.3 Å². The van der Waals surface area contributed by atoms with Crippen LogP contribution >= 0.6 is 0 Å². The number of aromatic hydroxyl groups is 1. The highest BCUT2D eigenvalue weighted by Crippen LogP contribution is 2.21. The first kappa shape index (κ1) is 13.9. The highest BCUT2D eigenvalue weighted by Gasteiger charge is 2.21. The summed E-state index contributed by atoms with van der Waals surface area (Å²) in [5.74, 6) is -0.0802. The van der Waals surface area contributed by atoms with Crippen LogP contribution < -0.4 is 16.6 Å². The number of hydrogen-bond donors (Lipinski definition) is 2. The van der Waals surface area contributed by atoms with Crippen LogP contribution in [0.2, 0.25) is 0 Å². The summed E-state index contributed by atoms with van der Waals surface area (Å²) in [7, 11) is 1.63. The van der Waals surface area contributed by atoms with E-state index in [0.29, 0.717) is 12.1 Å². The molecule has 0 aliphatic carbocycles. The first-order valence-electron chi connectivity index (χ1n) is 7.25. The maximum atomic E-state index is 12.7. The van der Waals surface area contributed by atoms with Crippen LogP contribution in [0.1, 0.15) is 25.3 Å². The van der Waals surface area contributed by atoms with Gasteiger partial charge in [-0.25, -0.2) is 4.79 Å². The lowest BCUT2D eigenvalue weighted by atomic mass is 10.1. The van der Waals surface area contributed by atoms with E-state index < -0.39 is 5.56 Å². The summed E-state index contributed by atoms with van der Waals surface area (Å²) < 4.78 is 2.72. The highest BCUT2D eigenvalue weighted by atomic mass is 16.3. The Balaban J connectivity index is 2.30. The van der Waals surface area contributed by atoms with E-state index in [-0.39, 0.29) is 22.9 Å². The van der Waals surface area contributed by atoms with Crippen molar-refractivity contribution >= 4 is 10.9 Å². The molecule has 1 fully saturated rings. The fourth-order valence-corrected chi connectivity index (χ4v) is 3.04. The third-order valence-corrected chi connectivity index (χ3v) is 4.19. The molecule has 6 nitrogen and oxygen atoms in total. The number of aryl methyl sites for hydroxylation is 1. The quantitative estimate of drug-likeness (QED) is 0.811. The van der Waals surface area contributed by atoms with Crippen molar-refractivity contribution in [2.24, 2.45) is 7.05 Å². The molecule has 0 amide bonds. The Hall–Kier alpha value is -2.08. The van der Waals surface area contributed by atoms with E-state index in [2.05, 4.69) is 5.32 Å². The van der Waals surface area contributed by atoms with E-state index >= 15 is 0 Å². The zero-order chi connectivity index (χ0) is 15.0. The van der Waals surface area contributed by atoms with Crippen LogP contribution in [0.3, 0.4) is 0 Å². The van der Waals surface area contributed by atoms with Crippen molar-refractivity contribution in [1.29, 1.82) is 0 Å². The van der Waals surface area contributed by atoms with Crippen molar-refractivity contribution in [1.82, 2.24) is 14.5 Å². The van der Waals surface area contributed by atoms with Gasteiger partial charge in [0.15, 0.2) is 0 Å². The lowest BCUT2D eigenvalue weighted by Gasteiger charge is -2.19. The number of hydrogen-bond acceptors (Lipinski definition) is 4. The van der Waals surface area contributed by atoms with E-state index in [1.54, 1.807) is 19.2 Å². The number of phenols is 1. The topological polar surface area (TPSA) is 76.3 Å². The lowest BCUT2D eigenvalue weighted by Crippen LogP contribution is -2.43. The van der Waals surface area contributed by atoms with E-state index in [1.165, 1.54) is 15.2 Å². The zero-order valence-corrected chi connectivity index (χ0v) is 12.0. The molecule has 3 rings (SSSR count). The molecule has 0 spiro atoms. The van der Waals surface area contributed by atoms with Gasteiger partial charge in [0.05, 0.1) is 11.6 Å². The smallest absolute Gasteiger partial charge is 0.331 e. The number of nitrogens with one attached hydrogen (secondary N) is 1. The minimum Gasteiger partial charge on any atom is -0.507 e. The van der Waals surface area contributed by atoms with Crippen molar-refractivity contribution < 1.29 is 5.11 Å². The summed E-state index contributed by atoms with van der Waals surface area (Å²) in [6.45, 7) is 1.51. The first-order valence-corrected chi connectivity index (χ1v) is 7.25. The number of nitrogens with zero attached hydrogens (tertiary/aromatic N) is 2. The van der Waals surface area contributed by atoms with E-state index in [1.807, 2.05) is 0 Å². The molecule has 1 unspecified atom stereocenters. The largest absolute Gasteiger partial charge is 0.507 e. The van der Waals surface area contributed by atoms with Gasteiger partial charge in [0.1, 0.15) is 11.1 Å².